The molecule has 2 amide bonds. The summed E-state index contributed by atoms with van der Waals surface area (Å²) in [4.78, 5) is 24.2. The van der Waals surface area contributed by atoms with Crippen molar-refractivity contribution in [2.45, 2.75) is 64.5 Å². The Bertz CT molecular complexity index is 556. The van der Waals surface area contributed by atoms with Crippen LogP contribution in [0.5, 0.6) is 0 Å². The van der Waals surface area contributed by atoms with E-state index in [0.29, 0.717) is 6.54 Å². The molecule has 0 aliphatic rings. The van der Waals surface area contributed by atoms with E-state index in [-0.39, 0.29) is 5.91 Å². The average Bonchev–Trinajstić information content (AvgIpc) is 2.64. The third-order valence-corrected chi connectivity index (χ3v) is 4.12. The number of carbonyl (C=O) groups excluding carboxylic acids is 2. The lowest BCUT2D eigenvalue weighted by Gasteiger charge is -2.20. The van der Waals surface area contributed by atoms with Crippen molar-refractivity contribution in [2.24, 2.45) is 0 Å². The molecule has 5 nitrogen and oxygen atoms in total. The molecule has 1 aromatic carbocycles. The summed E-state index contributed by atoms with van der Waals surface area (Å²) in [5, 5.41) is 15.2. The Labute approximate surface area is 156 Å². The average molecular weight is 360 g/mol. The maximum absolute atomic E-state index is 12.2. The number of aliphatic hydroxyl groups is 1. The maximum Gasteiger partial charge on any atom is 0.245 e. The molecule has 0 aliphatic carbocycles. The smallest absolute Gasteiger partial charge is 0.245 e. The van der Waals surface area contributed by atoms with Gasteiger partial charge in [0.15, 0.2) is 0 Å². The van der Waals surface area contributed by atoms with Crippen molar-refractivity contribution in [3.8, 4) is 0 Å². The number of rotatable bonds is 12. The minimum atomic E-state index is -0.964. The lowest BCUT2D eigenvalue weighted by molar-refractivity contribution is -0.129. The summed E-state index contributed by atoms with van der Waals surface area (Å²) >= 11 is 0. The molecule has 3 N–H and O–H groups in total. The highest BCUT2D eigenvalue weighted by Crippen LogP contribution is 2.04. The first-order valence-electron chi connectivity index (χ1n) is 9.54. The Balaban J connectivity index is 2.38. The molecule has 0 bridgehead atoms. The van der Waals surface area contributed by atoms with E-state index < -0.39 is 18.1 Å². The highest BCUT2D eigenvalue weighted by molar-refractivity contribution is 5.95. The number of hydrogen-bond acceptors (Lipinski definition) is 3. The fourth-order valence-corrected chi connectivity index (χ4v) is 2.57. The number of hydrogen-bond donors (Lipinski definition) is 3. The van der Waals surface area contributed by atoms with Gasteiger partial charge >= 0.3 is 0 Å². The predicted molar refractivity (Wildman–Crippen MR) is 105 cm³/mol. The number of carbonyl (C=O) groups is 2. The first-order chi connectivity index (χ1) is 12.5. The molecule has 0 saturated heterocycles. The standard InChI is InChI=1S/C21H32N2O3/c1-3-4-5-6-7-11-16-22-21(26)20(17(2)24)23-19(25)15-14-18-12-9-8-10-13-18/h8-10,12-15,17,20,24H,3-7,11,16H2,1-2H3,(H,22,26)(H,23,25)/t17-,20+/m1/s1. The zero-order chi connectivity index (χ0) is 19.2. The summed E-state index contributed by atoms with van der Waals surface area (Å²) in [7, 11) is 0. The van der Waals surface area contributed by atoms with Crippen LogP contribution < -0.4 is 10.6 Å². The van der Waals surface area contributed by atoms with Crippen LogP contribution >= 0.6 is 0 Å². The van der Waals surface area contributed by atoms with Gasteiger partial charge < -0.3 is 15.7 Å². The van der Waals surface area contributed by atoms with Crippen molar-refractivity contribution in [1.29, 1.82) is 0 Å². The van der Waals surface area contributed by atoms with Crippen LogP contribution in [0.3, 0.4) is 0 Å². The molecule has 0 fully saturated rings. The highest BCUT2D eigenvalue weighted by Gasteiger charge is 2.24. The number of nitrogens with one attached hydrogen (secondary N) is 2. The topological polar surface area (TPSA) is 78.4 Å². The lowest BCUT2D eigenvalue weighted by Crippen LogP contribution is -2.52. The summed E-state index contributed by atoms with van der Waals surface area (Å²) in [6.07, 6.45) is 8.91. The van der Waals surface area contributed by atoms with Crippen molar-refractivity contribution in [3.63, 3.8) is 0 Å². The van der Waals surface area contributed by atoms with Crippen LogP contribution in [0.1, 0.15) is 57.9 Å². The Kier molecular flexibility index (Phi) is 11.0. The van der Waals surface area contributed by atoms with Gasteiger partial charge in [0.25, 0.3) is 0 Å². The molecular formula is C21H32N2O3. The van der Waals surface area contributed by atoms with Gasteiger partial charge in [-0.3, -0.25) is 9.59 Å². The van der Waals surface area contributed by atoms with E-state index in [4.69, 9.17) is 0 Å². The fraction of sp³-hybridized carbons (Fsp3) is 0.524. The molecule has 1 aromatic rings. The molecule has 2 atom stereocenters. The molecule has 26 heavy (non-hydrogen) atoms. The van der Waals surface area contributed by atoms with E-state index in [1.54, 1.807) is 6.08 Å². The molecule has 0 saturated carbocycles. The van der Waals surface area contributed by atoms with Crippen molar-refractivity contribution in [3.05, 3.63) is 42.0 Å². The number of benzene rings is 1. The highest BCUT2D eigenvalue weighted by atomic mass is 16.3. The van der Waals surface area contributed by atoms with E-state index in [1.807, 2.05) is 30.3 Å². The van der Waals surface area contributed by atoms with Crippen molar-refractivity contribution >= 4 is 17.9 Å². The second-order valence-corrected chi connectivity index (χ2v) is 6.53. The van der Waals surface area contributed by atoms with Crippen LogP contribution in [0, 0.1) is 0 Å². The molecule has 0 aromatic heterocycles. The third-order valence-electron chi connectivity index (χ3n) is 4.12. The van der Waals surface area contributed by atoms with E-state index in [1.165, 1.54) is 38.7 Å². The third kappa shape index (κ3) is 9.37. The Morgan fingerprint density at radius 2 is 1.73 bits per heavy atom. The number of aliphatic hydroxyl groups excluding tert-OH is 1. The van der Waals surface area contributed by atoms with E-state index in [2.05, 4.69) is 17.6 Å². The predicted octanol–water partition coefficient (Wildman–Crippen LogP) is 3.04. The van der Waals surface area contributed by atoms with Gasteiger partial charge in [-0.15, -0.1) is 0 Å². The van der Waals surface area contributed by atoms with Crippen molar-refractivity contribution in [1.82, 2.24) is 10.6 Å². The molecule has 5 heteroatoms. The first-order valence-corrected chi connectivity index (χ1v) is 9.54. The van der Waals surface area contributed by atoms with Gasteiger partial charge in [-0.2, -0.15) is 0 Å². The second kappa shape index (κ2) is 13.1. The first kappa shape index (κ1) is 21.9. The molecule has 0 spiro atoms. The molecule has 1 rings (SSSR count). The number of unbranched alkanes of at least 4 members (excludes halogenated alkanes) is 5. The second-order valence-electron chi connectivity index (χ2n) is 6.53. The van der Waals surface area contributed by atoms with Gasteiger partial charge in [-0.05, 0) is 25.0 Å². The summed E-state index contributed by atoms with van der Waals surface area (Å²) in [6.45, 7) is 4.24. The van der Waals surface area contributed by atoms with E-state index in [0.717, 1.165) is 18.4 Å². The lowest BCUT2D eigenvalue weighted by atomic mass is 10.1. The van der Waals surface area contributed by atoms with Gasteiger partial charge in [-0.25, -0.2) is 0 Å². The summed E-state index contributed by atoms with van der Waals surface area (Å²) in [5.41, 5.74) is 0.892. The SMILES string of the molecule is CCCCCCCCNC(=O)[C@@H](NC(=O)C=Cc1ccccc1)[C@@H](C)O. The molecule has 0 unspecified atom stereocenters. The molecular weight excluding hydrogens is 328 g/mol. The zero-order valence-corrected chi connectivity index (χ0v) is 15.9. The maximum atomic E-state index is 12.2. The quantitative estimate of drug-likeness (QED) is 0.396. The number of amides is 2. The van der Waals surface area contributed by atoms with Crippen molar-refractivity contribution < 1.29 is 14.7 Å². The molecule has 0 aliphatic heterocycles. The minimum Gasteiger partial charge on any atom is -0.391 e. The summed E-state index contributed by atoms with van der Waals surface area (Å²) in [6, 6.07) is 8.46. The van der Waals surface area contributed by atoms with Crippen LogP contribution in [-0.4, -0.2) is 35.6 Å². The van der Waals surface area contributed by atoms with Crippen molar-refractivity contribution in [2.75, 3.05) is 6.54 Å². The summed E-state index contributed by atoms with van der Waals surface area (Å²) in [5.74, 6) is -0.760. The van der Waals surface area contributed by atoms with Crippen LogP contribution in [0.15, 0.2) is 36.4 Å². The zero-order valence-electron chi connectivity index (χ0n) is 15.9. The summed E-state index contributed by atoms with van der Waals surface area (Å²) < 4.78 is 0. The Hall–Kier alpha value is -2.14. The monoisotopic (exact) mass is 360 g/mol. The van der Waals surface area contributed by atoms with E-state index >= 15 is 0 Å². The van der Waals surface area contributed by atoms with Crippen LogP contribution in [0.25, 0.3) is 6.08 Å². The van der Waals surface area contributed by atoms with Gasteiger partial charge in [0.05, 0.1) is 6.10 Å². The molecule has 0 heterocycles. The fourth-order valence-electron chi connectivity index (χ4n) is 2.57. The van der Waals surface area contributed by atoms with Gasteiger partial charge in [-0.1, -0.05) is 69.4 Å². The normalized spacial score (nSPS) is 13.3. The molecule has 0 radical (unpaired) electrons. The van der Waals surface area contributed by atoms with Gasteiger partial charge in [0, 0.05) is 12.6 Å². The van der Waals surface area contributed by atoms with Crippen LogP contribution in [0.4, 0.5) is 0 Å². The van der Waals surface area contributed by atoms with Gasteiger partial charge in [0.2, 0.25) is 11.8 Å². The van der Waals surface area contributed by atoms with Crippen LogP contribution in [0.2, 0.25) is 0 Å². The Morgan fingerprint density at radius 3 is 2.38 bits per heavy atom. The largest absolute Gasteiger partial charge is 0.391 e. The van der Waals surface area contributed by atoms with Gasteiger partial charge in [0.1, 0.15) is 6.04 Å². The minimum absolute atomic E-state index is 0.352. The molecule has 144 valence electrons. The Morgan fingerprint density at radius 1 is 1.08 bits per heavy atom. The van der Waals surface area contributed by atoms with Crippen LogP contribution in [-0.2, 0) is 9.59 Å². The van der Waals surface area contributed by atoms with E-state index in [9.17, 15) is 14.7 Å².